The van der Waals surface area contributed by atoms with Gasteiger partial charge in [0.2, 0.25) is 5.88 Å². The van der Waals surface area contributed by atoms with Gasteiger partial charge in [0, 0.05) is 27.9 Å². The molecule has 37 heavy (non-hydrogen) atoms. The summed E-state index contributed by atoms with van der Waals surface area (Å²) < 4.78 is 6.86. The molecule has 0 bridgehead atoms. The number of methoxy groups -OCH3 is 1. The van der Waals surface area contributed by atoms with Crippen molar-refractivity contribution in [3.05, 3.63) is 118 Å². The fourth-order valence-electron chi connectivity index (χ4n) is 5.31. The van der Waals surface area contributed by atoms with Gasteiger partial charge in [-0.25, -0.2) is 4.98 Å². The quantitative estimate of drug-likeness (QED) is 0.221. The van der Waals surface area contributed by atoms with Crippen molar-refractivity contribution in [1.29, 1.82) is 0 Å². The Morgan fingerprint density at radius 2 is 1.62 bits per heavy atom. The minimum absolute atomic E-state index is 0.426. The minimum Gasteiger partial charge on any atom is -0.481 e. The molecule has 0 saturated heterocycles. The van der Waals surface area contributed by atoms with E-state index in [0.717, 1.165) is 42.8 Å². The van der Waals surface area contributed by atoms with E-state index in [9.17, 15) is 5.11 Å². The van der Waals surface area contributed by atoms with E-state index in [-0.39, 0.29) is 0 Å². The summed E-state index contributed by atoms with van der Waals surface area (Å²) in [6.07, 6.45) is 0.521. The van der Waals surface area contributed by atoms with E-state index in [1.165, 1.54) is 0 Å². The molecule has 1 aromatic heterocycles. The molecule has 0 aliphatic heterocycles. The van der Waals surface area contributed by atoms with Crippen molar-refractivity contribution in [2.45, 2.75) is 17.9 Å². The van der Waals surface area contributed by atoms with Crippen molar-refractivity contribution < 1.29 is 9.84 Å². The Morgan fingerprint density at radius 1 is 0.892 bits per heavy atom. The van der Waals surface area contributed by atoms with Gasteiger partial charge in [-0.1, -0.05) is 88.7 Å². The van der Waals surface area contributed by atoms with Crippen LogP contribution >= 0.6 is 15.9 Å². The third-order valence-electron chi connectivity index (χ3n) is 7.08. The first-order chi connectivity index (χ1) is 17.9. The average Bonchev–Trinajstić information content (AvgIpc) is 2.92. The van der Waals surface area contributed by atoms with Gasteiger partial charge in [0.05, 0.1) is 12.6 Å². The van der Waals surface area contributed by atoms with Gasteiger partial charge in [-0.15, -0.1) is 0 Å². The SMILES string of the molecule is COc1nc2ccc(Br)cc2cc1[C@@H](c1ccccc1)[C@](O)(CCN(C)C)c1cccc2ccccc12. The maximum Gasteiger partial charge on any atom is 0.217 e. The fourth-order valence-corrected chi connectivity index (χ4v) is 5.68. The van der Waals surface area contributed by atoms with Crippen molar-refractivity contribution in [2.24, 2.45) is 0 Å². The molecule has 0 fully saturated rings. The van der Waals surface area contributed by atoms with Crippen molar-refractivity contribution in [3.63, 3.8) is 0 Å². The van der Waals surface area contributed by atoms with Crippen LogP contribution in [-0.4, -0.2) is 42.7 Å². The Labute approximate surface area is 226 Å². The van der Waals surface area contributed by atoms with E-state index in [1.807, 2.05) is 62.6 Å². The Bertz CT molecular complexity index is 1530. The number of rotatable bonds is 8. The molecule has 0 saturated carbocycles. The lowest BCUT2D eigenvalue weighted by atomic mass is 9.70. The molecule has 0 amide bonds. The number of ether oxygens (including phenoxy) is 1. The Morgan fingerprint density at radius 3 is 2.38 bits per heavy atom. The fraction of sp³-hybridized carbons (Fsp3) is 0.219. The normalized spacial score (nSPS) is 14.1. The lowest BCUT2D eigenvalue weighted by Crippen LogP contribution is -2.38. The van der Waals surface area contributed by atoms with E-state index in [1.54, 1.807) is 7.11 Å². The first kappa shape index (κ1) is 25.4. The number of pyridine rings is 1. The molecule has 188 valence electrons. The summed E-state index contributed by atoms with van der Waals surface area (Å²) in [7, 11) is 5.73. The molecule has 4 nitrogen and oxygen atoms in total. The number of hydrogen-bond acceptors (Lipinski definition) is 4. The Hall–Kier alpha value is -3.25. The summed E-state index contributed by atoms with van der Waals surface area (Å²) in [5.41, 5.74) is 2.36. The van der Waals surface area contributed by atoms with Crippen LogP contribution in [0.3, 0.4) is 0 Å². The maximum absolute atomic E-state index is 13.0. The van der Waals surface area contributed by atoms with Gasteiger partial charge in [-0.2, -0.15) is 0 Å². The van der Waals surface area contributed by atoms with E-state index in [4.69, 9.17) is 9.72 Å². The largest absolute Gasteiger partial charge is 0.481 e. The summed E-state index contributed by atoms with van der Waals surface area (Å²) in [5.74, 6) is 0.0949. The lowest BCUT2D eigenvalue weighted by molar-refractivity contribution is 0.00520. The molecule has 4 aromatic carbocycles. The number of benzene rings is 4. The van der Waals surface area contributed by atoms with E-state index >= 15 is 0 Å². The number of halogens is 1. The molecule has 1 heterocycles. The highest BCUT2D eigenvalue weighted by Gasteiger charge is 2.43. The summed E-state index contributed by atoms with van der Waals surface area (Å²) >= 11 is 3.60. The molecule has 0 unspecified atom stereocenters. The highest BCUT2D eigenvalue weighted by molar-refractivity contribution is 9.10. The van der Waals surface area contributed by atoms with Gasteiger partial charge in [0.25, 0.3) is 0 Å². The minimum atomic E-state index is -1.25. The smallest absolute Gasteiger partial charge is 0.217 e. The second-order valence-electron chi connectivity index (χ2n) is 9.77. The van der Waals surface area contributed by atoms with Crippen LogP contribution in [0.1, 0.15) is 29.0 Å². The van der Waals surface area contributed by atoms with Gasteiger partial charge < -0.3 is 14.7 Å². The van der Waals surface area contributed by atoms with Crippen LogP contribution in [0.2, 0.25) is 0 Å². The zero-order valence-electron chi connectivity index (χ0n) is 21.4. The Kier molecular flexibility index (Phi) is 7.29. The summed E-state index contributed by atoms with van der Waals surface area (Å²) in [6.45, 7) is 0.706. The molecule has 5 rings (SSSR count). The van der Waals surface area contributed by atoms with Crippen LogP contribution in [0.5, 0.6) is 5.88 Å². The van der Waals surface area contributed by atoms with Gasteiger partial charge in [0.1, 0.15) is 5.60 Å². The summed E-state index contributed by atoms with van der Waals surface area (Å²) in [4.78, 5) is 7.00. The van der Waals surface area contributed by atoms with Gasteiger partial charge in [-0.05, 0) is 66.7 Å². The molecule has 2 atom stereocenters. The number of aliphatic hydroxyl groups is 1. The number of hydrogen-bond donors (Lipinski definition) is 1. The Balaban J connectivity index is 1.84. The van der Waals surface area contributed by atoms with Gasteiger partial charge >= 0.3 is 0 Å². The summed E-state index contributed by atoms with van der Waals surface area (Å²) in [6, 6.07) is 32.8. The van der Waals surface area contributed by atoms with Crippen molar-refractivity contribution in [1.82, 2.24) is 9.88 Å². The van der Waals surface area contributed by atoms with Crippen LogP contribution in [0.15, 0.2) is 102 Å². The van der Waals surface area contributed by atoms with Crippen molar-refractivity contribution in [2.75, 3.05) is 27.7 Å². The molecular weight excluding hydrogens is 524 g/mol. The van der Waals surface area contributed by atoms with Crippen LogP contribution < -0.4 is 4.74 Å². The molecule has 1 N–H and O–H groups in total. The van der Waals surface area contributed by atoms with Crippen molar-refractivity contribution >= 4 is 37.6 Å². The zero-order valence-corrected chi connectivity index (χ0v) is 22.9. The number of fused-ring (bicyclic) bond motifs is 2. The van der Waals surface area contributed by atoms with E-state index in [2.05, 4.69) is 69.4 Å². The zero-order chi connectivity index (χ0) is 26.0. The predicted molar refractivity (Wildman–Crippen MR) is 155 cm³/mol. The second kappa shape index (κ2) is 10.6. The predicted octanol–water partition coefficient (Wildman–Crippen LogP) is 7.13. The molecule has 0 spiro atoms. The molecular formula is C32H31BrN2O2. The molecule has 0 aliphatic carbocycles. The van der Waals surface area contributed by atoms with Crippen molar-refractivity contribution in [3.8, 4) is 5.88 Å². The molecule has 5 aromatic rings. The lowest BCUT2D eigenvalue weighted by Gasteiger charge is -2.39. The monoisotopic (exact) mass is 554 g/mol. The van der Waals surface area contributed by atoms with Gasteiger partial charge in [-0.3, -0.25) is 0 Å². The molecule has 5 heteroatoms. The maximum atomic E-state index is 13.0. The second-order valence-corrected chi connectivity index (χ2v) is 10.7. The van der Waals surface area contributed by atoms with Crippen LogP contribution in [0, 0.1) is 0 Å². The van der Waals surface area contributed by atoms with E-state index in [0.29, 0.717) is 18.8 Å². The highest BCUT2D eigenvalue weighted by Crippen LogP contribution is 2.49. The van der Waals surface area contributed by atoms with Crippen LogP contribution in [-0.2, 0) is 5.60 Å². The first-order valence-corrected chi connectivity index (χ1v) is 13.2. The van der Waals surface area contributed by atoms with Crippen LogP contribution in [0.4, 0.5) is 0 Å². The van der Waals surface area contributed by atoms with Crippen LogP contribution in [0.25, 0.3) is 21.7 Å². The van der Waals surface area contributed by atoms with Gasteiger partial charge in [0.15, 0.2) is 0 Å². The third kappa shape index (κ3) is 4.99. The van der Waals surface area contributed by atoms with E-state index < -0.39 is 11.5 Å². The molecule has 0 aliphatic rings. The first-order valence-electron chi connectivity index (χ1n) is 12.4. The molecule has 0 radical (unpaired) electrons. The number of nitrogens with zero attached hydrogens (tertiary/aromatic N) is 2. The third-order valence-corrected chi connectivity index (χ3v) is 7.57. The highest BCUT2D eigenvalue weighted by atomic mass is 79.9. The summed E-state index contributed by atoms with van der Waals surface area (Å²) in [5, 5.41) is 16.2. The topological polar surface area (TPSA) is 45.6 Å². The number of aromatic nitrogens is 1. The average molecular weight is 556 g/mol. The standard InChI is InChI=1S/C32H31BrN2O2/c1-35(2)19-18-32(36,28-15-9-13-22-10-7-8-14-26(22)28)30(23-11-5-4-6-12-23)27-21-24-20-25(33)16-17-29(24)34-31(27)37-3/h4-17,20-21,30,36H,18-19H2,1-3H3/t30-,32+/m1/s1.